The molecule has 0 spiro atoms. The molecule has 2 atom stereocenters. The van der Waals surface area contributed by atoms with Crippen molar-refractivity contribution in [3.8, 4) is 0 Å². The lowest BCUT2D eigenvalue weighted by molar-refractivity contribution is -0.384. The van der Waals surface area contributed by atoms with Crippen molar-refractivity contribution >= 4 is 27.5 Å². The van der Waals surface area contributed by atoms with E-state index in [2.05, 4.69) is 21.2 Å². The average molecular weight is 328 g/mol. The second-order valence-corrected chi connectivity index (χ2v) is 5.45. The van der Waals surface area contributed by atoms with E-state index in [1.165, 1.54) is 18.2 Å². The van der Waals surface area contributed by atoms with Crippen LogP contribution in [-0.4, -0.2) is 22.9 Å². The first-order chi connectivity index (χ1) is 8.99. The largest absolute Gasteiger partial charge is 0.348 e. The number of amides is 1. The Hall–Kier alpha value is -1.47. The monoisotopic (exact) mass is 327 g/mol. The van der Waals surface area contributed by atoms with Gasteiger partial charge in [-0.15, -0.1) is 0 Å². The SMILES string of the molecule is NC1CCCC1NC(=O)c1cc([N+](=O)[O-])ccc1Br. The van der Waals surface area contributed by atoms with Gasteiger partial charge >= 0.3 is 0 Å². The van der Waals surface area contributed by atoms with Crippen molar-refractivity contribution in [3.63, 3.8) is 0 Å². The van der Waals surface area contributed by atoms with E-state index in [9.17, 15) is 14.9 Å². The summed E-state index contributed by atoms with van der Waals surface area (Å²) in [6.45, 7) is 0. The molecule has 1 aromatic carbocycles. The molecule has 0 radical (unpaired) electrons. The molecule has 3 N–H and O–H groups in total. The number of nitrogens with one attached hydrogen (secondary N) is 1. The van der Waals surface area contributed by atoms with Crippen LogP contribution >= 0.6 is 15.9 Å². The van der Waals surface area contributed by atoms with Crippen LogP contribution < -0.4 is 11.1 Å². The van der Waals surface area contributed by atoms with Gasteiger partial charge in [-0.3, -0.25) is 14.9 Å². The number of halogens is 1. The zero-order valence-corrected chi connectivity index (χ0v) is 11.7. The van der Waals surface area contributed by atoms with Crippen molar-refractivity contribution in [2.75, 3.05) is 0 Å². The fourth-order valence-electron chi connectivity index (χ4n) is 2.21. The van der Waals surface area contributed by atoms with E-state index in [-0.39, 0.29) is 29.2 Å². The highest BCUT2D eigenvalue weighted by Crippen LogP contribution is 2.24. The molecule has 102 valence electrons. The molecule has 0 heterocycles. The van der Waals surface area contributed by atoms with E-state index in [4.69, 9.17) is 5.73 Å². The minimum atomic E-state index is -0.523. The number of nitro groups is 1. The molecule has 0 aromatic heterocycles. The standard InChI is InChI=1S/C12H14BrN3O3/c13-9-5-4-7(16(18)19)6-8(9)12(17)15-11-3-1-2-10(11)14/h4-6,10-11H,1-3,14H2,(H,15,17). The first kappa shape index (κ1) is 14.0. The Morgan fingerprint density at radius 2 is 2.21 bits per heavy atom. The van der Waals surface area contributed by atoms with Crippen LogP contribution in [0, 0.1) is 10.1 Å². The topological polar surface area (TPSA) is 98.3 Å². The molecule has 6 nitrogen and oxygen atoms in total. The second kappa shape index (κ2) is 5.66. The summed E-state index contributed by atoms with van der Waals surface area (Å²) < 4.78 is 0.530. The molecule has 0 saturated heterocycles. The number of non-ortho nitro benzene ring substituents is 1. The van der Waals surface area contributed by atoms with Gasteiger partial charge in [0.05, 0.1) is 10.5 Å². The zero-order valence-electron chi connectivity index (χ0n) is 10.1. The average Bonchev–Trinajstić information content (AvgIpc) is 2.75. The Labute approximate surface area is 118 Å². The summed E-state index contributed by atoms with van der Waals surface area (Å²) in [5.74, 6) is -0.335. The van der Waals surface area contributed by atoms with Gasteiger partial charge in [0.25, 0.3) is 11.6 Å². The number of benzene rings is 1. The molecule has 19 heavy (non-hydrogen) atoms. The predicted octanol–water partition coefficient (Wildman–Crippen LogP) is 1.97. The number of nitrogens with zero attached hydrogens (tertiary/aromatic N) is 1. The minimum Gasteiger partial charge on any atom is -0.348 e. The van der Waals surface area contributed by atoms with Gasteiger partial charge < -0.3 is 11.1 Å². The molecule has 7 heteroatoms. The van der Waals surface area contributed by atoms with E-state index in [0.717, 1.165) is 19.3 Å². The first-order valence-corrected chi connectivity index (χ1v) is 6.78. The van der Waals surface area contributed by atoms with Crippen LogP contribution in [0.15, 0.2) is 22.7 Å². The van der Waals surface area contributed by atoms with Crippen LogP contribution in [0.3, 0.4) is 0 Å². The van der Waals surface area contributed by atoms with Gasteiger partial charge in [0.15, 0.2) is 0 Å². The van der Waals surface area contributed by atoms with Crippen molar-refractivity contribution in [2.24, 2.45) is 5.73 Å². The molecule has 0 bridgehead atoms. The van der Waals surface area contributed by atoms with Crippen molar-refractivity contribution in [1.29, 1.82) is 0 Å². The van der Waals surface area contributed by atoms with Crippen LogP contribution in [-0.2, 0) is 0 Å². The first-order valence-electron chi connectivity index (χ1n) is 5.99. The smallest absolute Gasteiger partial charge is 0.270 e. The van der Waals surface area contributed by atoms with E-state index >= 15 is 0 Å². The maximum Gasteiger partial charge on any atom is 0.270 e. The van der Waals surface area contributed by atoms with Crippen molar-refractivity contribution in [1.82, 2.24) is 5.32 Å². The minimum absolute atomic E-state index is 0.0403. The van der Waals surface area contributed by atoms with Crippen LogP contribution in [0.25, 0.3) is 0 Å². The molecule has 0 aliphatic heterocycles. The van der Waals surface area contributed by atoms with Gasteiger partial charge in [-0.05, 0) is 41.3 Å². The fourth-order valence-corrected chi connectivity index (χ4v) is 2.64. The molecule has 1 saturated carbocycles. The maximum atomic E-state index is 12.1. The summed E-state index contributed by atoms with van der Waals surface area (Å²) in [5, 5.41) is 13.6. The summed E-state index contributed by atoms with van der Waals surface area (Å²) in [6.07, 6.45) is 2.72. The lowest BCUT2D eigenvalue weighted by Crippen LogP contribution is -2.44. The molecule has 1 amide bonds. The molecule has 2 unspecified atom stereocenters. The lowest BCUT2D eigenvalue weighted by Gasteiger charge is -2.17. The highest BCUT2D eigenvalue weighted by Gasteiger charge is 2.26. The summed E-state index contributed by atoms with van der Waals surface area (Å²) in [5.41, 5.74) is 6.04. The summed E-state index contributed by atoms with van der Waals surface area (Å²) in [6, 6.07) is 4.02. The predicted molar refractivity (Wildman–Crippen MR) is 73.9 cm³/mol. The zero-order chi connectivity index (χ0) is 14.0. The van der Waals surface area contributed by atoms with E-state index in [1.54, 1.807) is 0 Å². The van der Waals surface area contributed by atoms with E-state index < -0.39 is 4.92 Å². The Balaban J connectivity index is 2.18. The van der Waals surface area contributed by atoms with Gasteiger partial charge in [0.1, 0.15) is 0 Å². The Bertz CT molecular complexity index is 521. The van der Waals surface area contributed by atoms with Crippen molar-refractivity contribution in [2.45, 2.75) is 31.3 Å². The fraction of sp³-hybridized carbons (Fsp3) is 0.417. The van der Waals surface area contributed by atoms with Gasteiger partial charge in [0.2, 0.25) is 0 Å². The Morgan fingerprint density at radius 1 is 1.47 bits per heavy atom. The Kier molecular flexibility index (Phi) is 4.16. The quantitative estimate of drug-likeness (QED) is 0.654. The molecular formula is C12H14BrN3O3. The van der Waals surface area contributed by atoms with Gasteiger partial charge in [-0.2, -0.15) is 0 Å². The van der Waals surface area contributed by atoms with Crippen LogP contribution in [0.4, 0.5) is 5.69 Å². The van der Waals surface area contributed by atoms with Crippen LogP contribution in [0.1, 0.15) is 29.6 Å². The number of nitrogens with two attached hydrogens (primary N) is 1. The summed E-state index contributed by atoms with van der Waals surface area (Å²) >= 11 is 3.23. The molecule has 2 rings (SSSR count). The molecule has 1 aliphatic rings. The Morgan fingerprint density at radius 3 is 2.79 bits per heavy atom. The third kappa shape index (κ3) is 3.10. The summed E-state index contributed by atoms with van der Waals surface area (Å²) in [7, 11) is 0. The lowest BCUT2D eigenvalue weighted by atomic mass is 10.1. The normalized spacial score (nSPS) is 22.2. The van der Waals surface area contributed by atoms with Gasteiger partial charge in [-0.25, -0.2) is 0 Å². The number of rotatable bonds is 3. The second-order valence-electron chi connectivity index (χ2n) is 4.60. The third-order valence-corrected chi connectivity index (χ3v) is 3.98. The number of nitro benzene ring substituents is 1. The number of hydrogen-bond acceptors (Lipinski definition) is 4. The van der Waals surface area contributed by atoms with Crippen LogP contribution in [0.2, 0.25) is 0 Å². The molecule has 1 aliphatic carbocycles. The highest BCUT2D eigenvalue weighted by molar-refractivity contribution is 9.10. The number of hydrogen-bond donors (Lipinski definition) is 2. The van der Waals surface area contributed by atoms with Crippen molar-refractivity contribution < 1.29 is 9.72 Å². The highest BCUT2D eigenvalue weighted by atomic mass is 79.9. The van der Waals surface area contributed by atoms with E-state index in [0.29, 0.717) is 4.47 Å². The molecule has 1 aromatic rings. The maximum absolute atomic E-state index is 12.1. The number of carbonyl (C=O) groups is 1. The van der Waals surface area contributed by atoms with E-state index in [1.807, 2.05) is 0 Å². The molecular weight excluding hydrogens is 314 g/mol. The third-order valence-electron chi connectivity index (χ3n) is 3.29. The molecule has 1 fully saturated rings. The van der Waals surface area contributed by atoms with Crippen molar-refractivity contribution in [3.05, 3.63) is 38.3 Å². The van der Waals surface area contributed by atoms with Gasteiger partial charge in [0, 0.05) is 28.7 Å². The number of carbonyl (C=O) groups excluding carboxylic acids is 1. The van der Waals surface area contributed by atoms with Gasteiger partial charge in [-0.1, -0.05) is 0 Å². The van der Waals surface area contributed by atoms with Crippen LogP contribution in [0.5, 0.6) is 0 Å². The summed E-state index contributed by atoms with van der Waals surface area (Å²) in [4.78, 5) is 22.3.